The number of anilines is 1. The van der Waals surface area contributed by atoms with Gasteiger partial charge in [-0.25, -0.2) is 4.79 Å². The molecule has 1 N–H and O–H groups in total. The van der Waals surface area contributed by atoms with Gasteiger partial charge < -0.3 is 10.1 Å². The molecule has 0 amide bonds. The van der Waals surface area contributed by atoms with Crippen LogP contribution in [0.3, 0.4) is 0 Å². The first-order chi connectivity index (χ1) is 7.72. The van der Waals surface area contributed by atoms with E-state index < -0.39 is 11.9 Å². The van der Waals surface area contributed by atoms with Gasteiger partial charge in [-0.2, -0.15) is 0 Å². The average Bonchev–Trinajstić information content (AvgIpc) is 2.28. The SMILES string of the molecule is CCCC(=O)OC(=O)CNc1ccccc1. The van der Waals surface area contributed by atoms with Gasteiger partial charge in [0.25, 0.3) is 0 Å². The van der Waals surface area contributed by atoms with Gasteiger partial charge in [0.05, 0.1) is 0 Å². The van der Waals surface area contributed by atoms with Crippen molar-refractivity contribution < 1.29 is 14.3 Å². The minimum Gasteiger partial charge on any atom is -0.392 e. The summed E-state index contributed by atoms with van der Waals surface area (Å²) in [6, 6.07) is 9.27. The maximum Gasteiger partial charge on any atom is 0.332 e. The highest BCUT2D eigenvalue weighted by molar-refractivity contribution is 5.87. The number of hydrogen-bond donors (Lipinski definition) is 1. The van der Waals surface area contributed by atoms with Crippen molar-refractivity contribution in [3.63, 3.8) is 0 Å². The van der Waals surface area contributed by atoms with Gasteiger partial charge in [-0.1, -0.05) is 25.1 Å². The van der Waals surface area contributed by atoms with E-state index in [0.29, 0.717) is 6.42 Å². The van der Waals surface area contributed by atoms with Crippen LogP contribution in [-0.4, -0.2) is 18.5 Å². The standard InChI is InChI=1S/C12H15NO3/c1-2-6-11(14)16-12(15)9-13-10-7-4-3-5-8-10/h3-5,7-8,13H,2,6,9H2,1H3. The van der Waals surface area contributed by atoms with Crippen LogP contribution in [0, 0.1) is 0 Å². The van der Waals surface area contributed by atoms with Crippen LogP contribution < -0.4 is 5.32 Å². The van der Waals surface area contributed by atoms with E-state index in [1.165, 1.54) is 0 Å². The first-order valence-electron chi connectivity index (χ1n) is 5.24. The number of benzene rings is 1. The molecule has 0 bridgehead atoms. The number of para-hydroxylation sites is 1. The van der Waals surface area contributed by atoms with Crippen LogP contribution in [0.25, 0.3) is 0 Å². The van der Waals surface area contributed by atoms with Crippen molar-refractivity contribution in [3.05, 3.63) is 30.3 Å². The van der Waals surface area contributed by atoms with Gasteiger partial charge in [-0.15, -0.1) is 0 Å². The monoisotopic (exact) mass is 221 g/mol. The van der Waals surface area contributed by atoms with Crippen LogP contribution >= 0.6 is 0 Å². The summed E-state index contributed by atoms with van der Waals surface area (Å²) < 4.78 is 4.57. The number of esters is 2. The largest absolute Gasteiger partial charge is 0.392 e. The van der Waals surface area contributed by atoms with Crippen LogP contribution in [-0.2, 0) is 14.3 Å². The van der Waals surface area contributed by atoms with Gasteiger partial charge in [0.1, 0.15) is 6.54 Å². The smallest absolute Gasteiger partial charge is 0.332 e. The molecule has 1 aromatic carbocycles. The molecule has 0 saturated carbocycles. The predicted molar refractivity (Wildman–Crippen MR) is 60.9 cm³/mol. The predicted octanol–water partition coefficient (Wildman–Crippen LogP) is 1.97. The summed E-state index contributed by atoms with van der Waals surface area (Å²) in [6.45, 7) is 1.85. The summed E-state index contributed by atoms with van der Waals surface area (Å²) in [5.74, 6) is -1.02. The zero-order chi connectivity index (χ0) is 11.8. The normalized spacial score (nSPS) is 9.56. The summed E-state index contributed by atoms with van der Waals surface area (Å²) in [5.41, 5.74) is 0.822. The molecule has 0 fully saturated rings. The highest BCUT2D eigenvalue weighted by Crippen LogP contribution is 2.04. The van der Waals surface area contributed by atoms with Crippen molar-refractivity contribution in [1.29, 1.82) is 0 Å². The lowest BCUT2D eigenvalue weighted by Gasteiger charge is -2.05. The lowest BCUT2D eigenvalue weighted by molar-refractivity contribution is -0.158. The molecule has 0 saturated heterocycles. The minimum atomic E-state index is -0.553. The summed E-state index contributed by atoms with van der Waals surface area (Å²) >= 11 is 0. The van der Waals surface area contributed by atoms with Crippen molar-refractivity contribution in [2.24, 2.45) is 0 Å². The Morgan fingerprint density at radius 3 is 2.50 bits per heavy atom. The van der Waals surface area contributed by atoms with Crippen molar-refractivity contribution >= 4 is 17.6 Å². The van der Waals surface area contributed by atoms with Gasteiger partial charge >= 0.3 is 11.9 Å². The number of nitrogens with one attached hydrogen (secondary N) is 1. The number of rotatable bonds is 5. The molecule has 4 heteroatoms. The molecule has 0 aliphatic carbocycles. The van der Waals surface area contributed by atoms with E-state index in [9.17, 15) is 9.59 Å². The Kier molecular flexibility index (Phi) is 5.05. The second-order valence-corrected chi connectivity index (χ2v) is 3.32. The molecule has 0 aliphatic rings. The number of ether oxygens (including phenoxy) is 1. The lowest BCUT2D eigenvalue weighted by Crippen LogP contribution is -2.20. The molecule has 0 spiro atoms. The third-order valence-corrected chi connectivity index (χ3v) is 1.89. The van der Waals surface area contributed by atoms with Crippen molar-refractivity contribution in [3.8, 4) is 0 Å². The third kappa shape index (κ3) is 4.59. The highest BCUT2D eigenvalue weighted by atomic mass is 16.6. The molecule has 86 valence electrons. The van der Waals surface area contributed by atoms with Crippen LogP contribution in [0.4, 0.5) is 5.69 Å². The molecular weight excluding hydrogens is 206 g/mol. The Morgan fingerprint density at radius 2 is 1.88 bits per heavy atom. The Balaban J connectivity index is 2.28. The zero-order valence-corrected chi connectivity index (χ0v) is 9.23. The Hall–Kier alpha value is -1.84. The maximum atomic E-state index is 11.2. The molecule has 1 rings (SSSR count). The molecule has 0 atom stereocenters. The van der Waals surface area contributed by atoms with Crippen molar-refractivity contribution in [1.82, 2.24) is 0 Å². The molecule has 0 heterocycles. The number of carbonyl (C=O) groups is 2. The van der Waals surface area contributed by atoms with E-state index >= 15 is 0 Å². The van der Waals surface area contributed by atoms with Gasteiger partial charge in [0, 0.05) is 12.1 Å². The molecule has 0 unspecified atom stereocenters. The fraction of sp³-hybridized carbons (Fsp3) is 0.333. The molecule has 1 aromatic rings. The van der Waals surface area contributed by atoms with E-state index in [1.54, 1.807) is 0 Å². The van der Waals surface area contributed by atoms with Crippen LogP contribution in [0.15, 0.2) is 30.3 Å². The summed E-state index contributed by atoms with van der Waals surface area (Å²) in [5, 5.41) is 2.87. The fourth-order valence-electron chi connectivity index (χ4n) is 1.15. The first kappa shape index (κ1) is 12.2. The van der Waals surface area contributed by atoms with Gasteiger partial charge in [-0.05, 0) is 18.6 Å². The molecule has 0 aliphatic heterocycles. The van der Waals surface area contributed by atoms with E-state index in [0.717, 1.165) is 5.69 Å². The van der Waals surface area contributed by atoms with E-state index in [4.69, 9.17) is 0 Å². The highest BCUT2D eigenvalue weighted by Gasteiger charge is 2.08. The van der Waals surface area contributed by atoms with Crippen LogP contribution in [0.1, 0.15) is 19.8 Å². The van der Waals surface area contributed by atoms with Crippen LogP contribution in [0.5, 0.6) is 0 Å². The van der Waals surface area contributed by atoms with E-state index in [2.05, 4.69) is 10.1 Å². The van der Waals surface area contributed by atoms with Crippen molar-refractivity contribution in [2.75, 3.05) is 11.9 Å². The molecule has 16 heavy (non-hydrogen) atoms. The average molecular weight is 221 g/mol. The topological polar surface area (TPSA) is 55.4 Å². The second-order valence-electron chi connectivity index (χ2n) is 3.32. The summed E-state index contributed by atoms with van der Waals surface area (Å²) in [7, 11) is 0. The summed E-state index contributed by atoms with van der Waals surface area (Å²) in [4.78, 5) is 22.2. The van der Waals surface area contributed by atoms with Gasteiger partial charge in [0.15, 0.2) is 0 Å². The molecule has 4 nitrogen and oxygen atoms in total. The van der Waals surface area contributed by atoms with Gasteiger partial charge in [0.2, 0.25) is 0 Å². The Labute approximate surface area is 94.6 Å². The first-order valence-corrected chi connectivity index (χ1v) is 5.24. The zero-order valence-electron chi connectivity index (χ0n) is 9.23. The molecular formula is C12H15NO3. The summed E-state index contributed by atoms with van der Waals surface area (Å²) in [6.07, 6.45) is 0.954. The van der Waals surface area contributed by atoms with Gasteiger partial charge in [-0.3, -0.25) is 4.79 Å². The maximum absolute atomic E-state index is 11.2. The Bertz CT molecular complexity index is 349. The Morgan fingerprint density at radius 1 is 1.19 bits per heavy atom. The lowest BCUT2D eigenvalue weighted by atomic mass is 10.3. The third-order valence-electron chi connectivity index (χ3n) is 1.89. The second kappa shape index (κ2) is 6.61. The fourth-order valence-corrected chi connectivity index (χ4v) is 1.15. The van der Waals surface area contributed by atoms with E-state index in [1.807, 2.05) is 37.3 Å². The van der Waals surface area contributed by atoms with Crippen LogP contribution in [0.2, 0.25) is 0 Å². The molecule has 0 aromatic heterocycles. The number of hydrogen-bond acceptors (Lipinski definition) is 4. The van der Waals surface area contributed by atoms with Crippen molar-refractivity contribution in [2.45, 2.75) is 19.8 Å². The van der Waals surface area contributed by atoms with E-state index in [-0.39, 0.29) is 13.0 Å². The minimum absolute atomic E-state index is 0.000528. The quantitative estimate of drug-likeness (QED) is 0.610. The number of carbonyl (C=O) groups excluding carboxylic acids is 2. The molecule has 0 radical (unpaired) electrons.